The number of benzene rings is 3. The summed E-state index contributed by atoms with van der Waals surface area (Å²) in [6.07, 6.45) is -4.60. The van der Waals surface area contributed by atoms with Gasteiger partial charge in [0.1, 0.15) is 5.82 Å². The summed E-state index contributed by atoms with van der Waals surface area (Å²) in [4.78, 5) is 4.49. The predicted molar refractivity (Wildman–Crippen MR) is 103 cm³/mol. The summed E-state index contributed by atoms with van der Waals surface area (Å²) in [5.74, 6) is 0.631. The molecule has 1 unspecified atom stereocenters. The molecular weight excluding hydrogens is 365 g/mol. The van der Waals surface area contributed by atoms with Gasteiger partial charge in [-0.05, 0) is 41.5 Å². The highest BCUT2D eigenvalue weighted by Gasteiger charge is 2.31. The highest BCUT2D eigenvalue weighted by atomic mass is 19.4. The number of imidazole rings is 1. The Morgan fingerprint density at radius 1 is 1.04 bits per heavy atom. The third kappa shape index (κ3) is 3.47. The molecule has 6 heteroatoms. The molecule has 0 saturated heterocycles. The molecule has 0 aliphatic rings. The maximum absolute atomic E-state index is 13.1. The molecule has 0 aliphatic heterocycles. The molecule has 3 aromatic carbocycles. The van der Waals surface area contributed by atoms with Crippen LogP contribution in [-0.4, -0.2) is 20.8 Å². The van der Waals surface area contributed by atoms with Gasteiger partial charge in [-0.2, -0.15) is 13.2 Å². The van der Waals surface area contributed by atoms with Crippen LogP contribution >= 0.6 is 0 Å². The number of halogens is 3. The Kier molecular flexibility index (Phi) is 4.59. The van der Waals surface area contributed by atoms with Crippen LogP contribution in [0.1, 0.15) is 23.9 Å². The van der Waals surface area contributed by atoms with Crippen molar-refractivity contribution in [2.45, 2.75) is 32.2 Å². The first-order valence-corrected chi connectivity index (χ1v) is 9.04. The molecule has 1 atom stereocenters. The molecule has 0 spiro atoms. The van der Waals surface area contributed by atoms with Crippen molar-refractivity contribution >= 4 is 21.8 Å². The van der Waals surface area contributed by atoms with Crippen LogP contribution in [0.25, 0.3) is 21.8 Å². The number of aromatic nitrogens is 2. The summed E-state index contributed by atoms with van der Waals surface area (Å²) in [6, 6.07) is 17.5. The molecule has 0 radical (unpaired) electrons. The Balaban J connectivity index is 1.84. The van der Waals surface area contributed by atoms with E-state index in [1.165, 1.54) is 6.07 Å². The first-order valence-electron chi connectivity index (χ1n) is 9.04. The maximum atomic E-state index is 13.1. The van der Waals surface area contributed by atoms with Crippen molar-refractivity contribution < 1.29 is 18.3 Å². The monoisotopic (exact) mass is 384 g/mol. The van der Waals surface area contributed by atoms with Gasteiger partial charge in [0.25, 0.3) is 0 Å². The lowest BCUT2D eigenvalue weighted by molar-refractivity contribution is -0.137. The molecule has 1 N–H and O–H groups in total. The Hall–Kier alpha value is -2.86. The van der Waals surface area contributed by atoms with Gasteiger partial charge >= 0.3 is 6.18 Å². The molecule has 3 nitrogen and oxygen atoms in total. The average Bonchev–Trinajstić information content (AvgIpc) is 2.97. The van der Waals surface area contributed by atoms with Gasteiger partial charge < -0.3 is 9.67 Å². The number of hydrogen-bond donors (Lipinski definition) is 1. The highest BCUT2D eigenvalue weighted by molar-refractivity contribution is 5.86. The van der Waals surface area contributed by atoms with Gasteiger partial charge in [-0.25, -0.2) is 4.98 Å². The maximum Gasteiger partial charge on any atom is 0.416 e. The Bertz CT molecular complexity index is 1140. The minimum atomic E-state index is -4.42. The molecular formula is C22H19F3N2O. The number of nitrogens with zero attached hydrogens (tertiary/aromatic N) is 2. The number of aliphatic hydroxyl groups is 1. The number of fused-ring (bicyclic) bond motifs is 2. The van der Waals surface area contributed by atoms with Crippen molar-refractivity contribution in [3.8, 4) is 0 Å². The van der Waals surface area contributed by atoms with Crippen LogP contribution < -0.4 is 0 Å². The Labute approximate surface area is 160 Å². The van der Waals surface area contributed by atoms with Crippen molar-refractivity contribution in [3.05, 3.63) is 77.6 Å². The van der Waals surface area contributed by atoms with Crippen LogP contribution in [0.4, 0.5) is 13.2 Å². The van der Waals surface area contributed by atoms with E-state index in [0.717, 1.165) is 28.5 Å². The van der Waals surface area contributed by atoms with Gasteiger partial charge in [0.05, 0.1) is 29.2 Å². The summed E-state index contributed by atoms with van der Waals surface area (Å²) in [6.45, 7) is 1.92. The van der Waals surface area contributed by atoms with E-state index in [2.05, 4.69) is 4.98 Å². The van der Waals surface area contributed by atoms with E-state index in [4.69, 9.17) is 0 Å². The fourth-order valence-electron chi connectivity index (χ4n) is 3.58. The zero-order valence-electron chi connectivity index (χ0n) is 15.2. The van der Waals surface area contributed by atoms with Crippen molar-refractivity contribution in [1.82, 2.24) is 9.55 Å². The highest BCUT2D eigenvalue weighted by Crippen LogP contribution is 2.32. The van der Waals surface area contributed by atoms with Crippen molar-refractivity contribution in [2.75, 3.05) is 0 Å². The largest absolute Gasteiger partial charge is 0.416 e. The van der Waals surface area contributed by atoms with Gasteiger partial charge in [-0.1, -0.05) is 42.5 Å². The second kappa shape index (κ2) is 6.95. The second-order valence-corrected chi connectivity index (χ2v) is 7.00. The van der Waals surface area contributed by atoms with E-state index >= 15 is 0 Å². The molecule has 28 heavy (non-hydrogen) atoms. The van der Waals surface area contributed by atoms with Crippen LogP contribution in [-0.2, 0) is 19.1 Å². The van der Waals surface area contributed by atoms with Crippen LogP contribution in [0.15, 0.2) is 60.7 Å². The number of rotatable bonds is 4. The molecule has 4 rings (SSSR count). The van der Waals surface area contributed by atoms with Crippen LogP contribution in [0.3, 0.4) is 0 Å². The lowest BCUT2D eigenvalue weighted by Gasteiger charge is -2.13. The van der Waals surface area contributed by atoms with E-state index in [1.54, 1.807) is 6.92 Å². The van der Waals surface area contributed by atoms with Crippen molar-refractivity contribution in [3.63, 3.8) is 0 Å². The third-order valence-corrected chi connectivity index (χ3v) is 4.83. The van der Waals surface area contributed by atoms with Gasteiger partial charge in [-0.3, -0.25) is 0 Å². The molecule has 0 aliphatic carbocycles. The molecule has 4 aromatic rings. The first-order chi connectivity index (χ1) is 13.3. The molecule has 0 bridgehead atoms. The van der Waals surface area contributed by atoms with E-state index in [1.807, 2.05) is 47.0 Å². The molecule has 0 fully saturated rings. The van der Waals surface area contributed by atoms with Crippen LogP contribution in [0, 0.1) is 0 Å². The van der Waals surface area contributed by atoms with Gasteiger partial charge in [0, 0.05) is 6.42 Å². The van der Waals surface area contributed by atoms with Crippen LogP contribution in [0.2, 0.25) is 0 Å². The summed E-state index contributed by atoms with van der Waals surface area (Å²) < 4.78 is 41.0. The average molecular weight is 384 g/mol. The topological polar surface area (TPSA) is 38.0 Å². The number of alkyl halides is 3. The fraction of sp³-hybridized carbons (Fsp3) is 0.227. The third-order valence-electron chi connectivity index (χ3n) is 4.83. The summed E-state index contributed by atoms with van der Waals surface area (Å²) in [7, 11) is 0. The van der Waals surface area contributed by atoms with E-state index in [-0.39, 0.29) is 12.1 Å². The summed E-state index contributed by atoms with van der Waals surface area (Å²) in [5, 5.41) is 12.1. The smallest absolute Gasteiger partial charge is 0.392 e. The summed E-state index contributed by atoms with van der Waals surface area (Å²) >= 11 is 0. The Morgan fingerprint density at radius 2 is 1.79 bits per heavy atom. The van der Waals surface area contributed by atoms with E-state index in [9.17, 15) is 18.3 Å². The minimum Gasteiger partial charge on any atom is -0.392 e. The standard InChI is InChI=1S/C22H19F3N2O/c1-14(28)13-27-20-10-9-17(22(23,24)25)12-19(20)26-21(27)11-16-7-4-6-15-5-2-3-8-18(15)16/h2-10,12,14,28H,11,13H2,1H3. The molecule has 144 valence electrons. The normalized spacial score (nSPS) is 13.3. The van der Waals surface area contributed by atoms with Crippen molar-refractivity contribution in [2.24, 2.45) is 0 Å². The lowest BCUT2D eigenvalue weighted by Crippen LogP contribution is -2.14. The number of aliphatic hydroxyl groups excluding tert-OH is 1. The molecule has 0 saturated carbocycles. The zero-order chi connectivity index (χ0) is 19.9. The van der Waals surface area contributed by atoms with Gasteiger partial charge in [-0.15, -0.1) is 0 Å². The molecule has 1 aromatic heterocycles. The van der Waals surface area contributed by atoms with Crippen molar-refractivity contribution in [1.29, 1.82) is 0 Å². The molecule has 0 amide bonds. The number of hydrogen-bond acceptors (Lipinski definition) is 2. The quantitative estimate of drug-likeness (QED) is 0.526. The van der Waals surface area contributed by atoms with Crippen LogP contribution in [0.5, 0.6) is 0 Å². The Morgan fingerprint density at radius 3 is 2.54 bits per heavy atom. The SMILES string of the molecule is CC(O)Cn1c(Cc2cccc3ccccc23)nc2cc(C(F)(F)F)ccc21. The molecule has 1 heterocycles. The van der Waals surface area contributed by atoms with E-state index in [0.29, 0.717) is 17.8 Å². The predicted octanol–water partition coefficient (Wildman–Crippen LogP) is 5.18. The van der Waals surface area contributed by atoms with E-state index < -0.39 is 17.8 Å². The lowest BCUT2D eigenvalue weighted by atomic mass is 10.0. The van der Waals surface area contributed by atoms with Gasteiger partial charge in [0.15, 0.2) is 0 Å². The second-order valence-electron chi connectivity index (χ2n) is 7.00. The minimum absolute atomic E-state index is 0.266. The first kappa shape index (κ1) is 18.5. The van der Waals surface area contributed by atoms with Gasteiger partial charge in [0.2, 0.25) is 0 Å². The zero-order valence-corrected chi connectivity index (χ0v) is 15.2. The summed E-state index contributed by atoms with van der Waals surface area (Å²) in [5.41, 5.74) is 1.18. The fourth-order valence-corrected chi connectivity index (χ4v) is 3.58.